The number of aliphatic hydroxyl groups is 3. The Morgan fingerprint density at radius 2 is 1.88 bits per heavy atom. The SMILES string of the molecule is CSC1OC([C@H](NC(=O)C2C3OCC=CC[C@H]3CN2C)[C@H](C)Sc2ccc(-c3cccnc3)cc2)C(O)C(O)C1O. The fourth-order valence-corrected chi connectivity index (χ4v) is 7.79. The van der Waals surface area contributed by atoms with Crippen LogP contribution in [-0.2, 0) is 14.3 Å². The first-order valence-electron chi connectivity index (χ1n) is 13.9. The molecule has 4 N–H and O–H groups in total. The first-order valence-corrected chi connectivity index (χ1v) is 16.1. The van der Waals surface area contributed by atoms with E-state index < -0.39 is 41.9 Å². The Balaban J connectivity index is 1.38. The summed E-state index contributed by atoms with van der Waals surface area (Å²) in [6.45, 7) is 3.18. The predicted molar refractivity (Wildman–Crippen MR) is 161 cm³/mol. The van der Waals surface area contributed by atoms with Crippen molar-refractivity contribution in [3.8, 4) is 11.1 Å². The van der Waals surface area contributed by atoms with Gasteiger partial charge in [-0.05, 0) is 49.1 Å². The third-order valence-corrected chi connectivity index (χ3v) is 10.3. The van der Waals surface area contributed by atoms with Gasteiger partial charge in [-0.15, -0.1) is 23.5 Å². The normalized spacial score (nSPS) is 33.5. The minimum atomic E-state index is -1.41. The number of likely N-dealkylation sites (N-methyl/N-ethyl adjacent to an activating group) is 1. The van der Waals surface area contributed by atoms with Crippen molar-refractivity contribution >= 4 is 29.4 Å². The second-order valence-electron chi connectivity index (χ2n) is 10.9. The van der Waals surface area contributed by atoms with Crippen LogP contribution in [0.25, 0.3) is 11.1 Å². The van der Waals surface area contributed by atoms with Gasteiger partial charge in [0, 0.05) is 35.0 Å². The van der Waals surface area contributed by atoms with E-state index in [2.05, 4.69) is 16.4 Å². The molecule has 4 heterocycles. The molecule has 41 heavy (non-hydrogen) atoms. The molecule has 0 spiro atoms. The summed E-state index contributed by atoms with van der Waals surface area (Å²) in [6, 6.07) is 10.8. The van der Waals surface area contributed by atoms with Gasteiger partial charge < -0.3 is 30.1 Å². The molecule has 0 aliphatic carbocycles. The van der Waals surface area contributed by atoms with Crippen LogP contribution in [0.1, 0.15) is 13.3 Å². The van der Waals surface area contributed by atoms with Crippen LogP contribution >= 0.6 is 23.5 Å². The number of ether oxygens (including phenoxy) is 2. The minimum absolute atomic E-state index is 0.205. The fourth-order valence-electron chi connectivity index (χ4n) is 6.02. The lowest BCUT2D eigenvalue weighted by Gasteiger charge is -2.45. The van der Waals surface area contributed by atoms with E-state index in [9.17, 15) is 20.1 Å². The average molecular weight is 602 g/mol. The van der Waals surface area contributed by atoms with Crippen LogP contribution in [-0.4, -0.2) is 111 Å². The molecule has 7 unspecified atom stereocenters. The molecular weight excluding hydrogens is 562 g/mol. The number of amides is 1. The summed E-state index contributed by atoms with van der Waals surface area (Å²) in [7, 11) is 1.93. The molecule has 5 rings (SSSR count). The van der Waals surface area contributed by atoms with Crippen LogP contribution in [0.15, 0.2) is 65.8 Å². The highest BCUT2D eigenvalue weighted by molar-refractivity contribution is 8.00. The zero-order valence-corrected chi connectivity index (χ0v) is 25.1. The predicted octanol–water partition coefficient (Wildman–Crippen LogP) is 2.16. The first-order chi connectivity index (χ1) is 19.8. The highest BCUT2D eigenvalue weighted by atomic mass is 32.2. The molecule has 11 heteroatoms. The number of rotatable bonds is 8. The highest BCUT2D eigenvalue weighted by Gasteiger charge is 2.50. The van der Waals surface area contributed by atoms with Crippen molar-refractivity contribution in [3.05, 3.63) is 60.9 Å². The summed E-state index contributed by atoms with van der Waals surface area (Å²) in [5.41, 5.74) is 1.32. The molecule has 10 atom stereocenters. The number of carbonyl (C=O) groups is 1. The number of hydrogen-bond donors (Lipinski definition) is 4. The van der Waals surface area contributed by atoms with Crippen LogP contribution in [0.5, 0.6) is 0 Å². The monoisotopic (exact) mass is 601 g/mol. The van der Waals surface area contributed by atoms with Gasteiger partial charge in [-0.25, -0.2) is 0 Å². The number of allylic oxidation sites excluding steroid dienone is 1. The Kier molecular flexibility index (Phi) is 10.1. The lowest BCUT2D eigenvalue weighted by atomic mass is 9.92. The Morgan fingerprint density at radius 1 is 1.10 bits per heavy atom. The number of pyridine rings is 1. The summed E-state index contributed by atoms with van der Waals surface area (Å²) in [5, 5.41) is 35.2. The van der Waals surface area contributed by atoms with Crippen LogP contribution in [0.2, 0.25) is 0 Å². The number of aliphatic hydroxyl groups excluding tert-OH is 3. The lowest BCUT2D eigenvalue weighted by Crippen LogP contribution is -2.65. The van der Waals surface area contributed by atoms with Gasteiger partial charge in [0.15, 0.2) is 0 Å². The van der Waals surface area contributed by atoms with Gasteiger partial charge in [-0.2, -0.15) is 0 Å². The molecule has 9 nitrogen and oxygen atoms in total. The summed E-state index contributed by atoms with van der Waals surface area (Å²) in [5.74, 6) is 0.0100. The Bertz CT molecular complexity index is 1190. The number of benzene rings is 1. The molecular formula is C30H39N3O6S2. The van der Waals surface area contributed by atoms with E-state index in [1.165, 1.54) is 11.8 Å². The Labute approximate surface area is 249 Å². The number of aromatic nitrogens is 1. The van der Waals surface area contributed by atoms with Gasteiger partial charge in [0.2, 0.25) is 5.91 Å². The Morgan fingerprint density at radius 3 is 2.59 bits per heavy atom. The van der Waals surface area contributed by atoms with Gasteiger partial charge >= 0.3 is 0 Å². The van der Waals surface area contributed by atoms with Crippen molar-refractivity contribution in [2.45, 2.75) is 71.5 Å². The van der Waals surface area contributed by atoms with Crippen molar-refractivity contribution in [3.63, 3.8) is 0 Å². The van der Waals surface area contributed by atoms with E-state index in [1.54, 1.807) is 24.2 Å². The largest absolute Gasteiger partial charge is 0.388 e. The van der Waals surface area contributed by atoms with Crippen LogP contribution in [0.3, 0.4) is 0 Å². The third kappa shape index (κ3) is 6.67. The smallest absolute Gasteiger partial charge is 0.240 e. The van der Waals surface area contributed by atoms with E-state index >= 15 is 0 Å². The number of thioether (sulfide) groups is 2. The molecule has 1 aromatic heterocycles. The fraction of sp³-hybridized carbons (Fsp3) is 0.533. The molecule has 2 fully saturated rings. The van der Waals surface area contributed by atoms with E-state index in [-0.39, 0.29) is 23.2 Å². The highest BCUT2D eigenvalue weighted by Crippen LogP contribution is 2.35. The molecule has 2 saturated heterocycles. The summed E-state index contributed by atoms with van der Waals surface area (Å²) < 4.78 is 12.3. The maximum Gasteiger partial charge on any atom is 0.240 e. The second-order valence-corrected chi connectivity index (χ2v) is 13.3. The number of fused-ring (bicyclic) bond motifs is 1. The second kappa shape index (κ2) is 13.6. The number of nitrogens with zero attached hydrogens (tertiary/aromatic N) is 2. The third-order valence-electron chi connectivity index (χ3n) is 8.21. The zero-order chi connectivity index (χ0) is 29.1. The minimum Gasteiger partial charge on any atom is -0.388 e. The van der Waals surface area contributed by atoms with Crippen molar-refractivity contribution in [2.75, 3.05) is 26.5 Å². The summed E-state index contributed by atoms with van der Waals surface area (Å²) in [4.78, 5) is 21.1. The van der Waals surface area contributed by atoms with Gasteiger partial charge in [0.1, 0.15) is 35.9 Å². The number of likely N-dealkylation sites (tertiary alicyclic amines) is 1. The van der Waals surface area contributed by atoms with Crippen molar-refractivity contribution in [1.29, 1.82) is 0 Å². The van der Waals surface area contributed by atoms with Crippen molar-refractivity contribution < 1.29 is 29.6 Å². The molecule has 0 radical (unpaired) electrons. The summed E-state index contributed by atoms with van der Waals surface area (Å²) >= 11 is 2.80. The van der Waals surface area contributed by atoms with Gasteiger partial charge in [0.25, 0.3) is 0 Å². The maximum absolute atomic E-state index is 13.9. The zero-order valence-electron chi connectivity index (χ0n) is 23.4. The average Bonchev–Trinajstić information content (AvgIpc) is 3.13. The molecule has 222 valence electrons. The molecule has 1 amide bonds. The quantitative estimate of drug-likeness (QED) is 0.264. The van der Waals surface area contributed by atoms with E-state index in [0.29, 0.717) is 6.61 Å². The van der Waals surface area contributed by atoms with E-state index in [0.717, 1.165) is 29.0 Å². The molecule has 3 aliphatic rings. The Hall–Kier alpha value is -1.96. The van der Waals surface area contributed by atoms with Crippen molar-refractivity contribution in [2.24, 2.45) is 5.92 Å². The van der Waals surface area contributed by atoms with E-state index in [1.807, 2.05) is 67.5 Å². The van der Waals surface area contributed by atoms with Crippen LogP contribution in [0, 0.1) is 5.92 Å². The van der Waals surface area contributed by atoms with E-state index in [4.69, 9.17) is 9.47 Å². The van der Waals surface area contributed by atoms with Crippen LogP contribution < -0.4 is 5.32 Å². The molecule has 3 aliphatic heterocycles. The lowest BCUT2D eigenvalue weighted by molar-refractivity contribution is -0.205. The van der Waals surface area contributed by atoms with Crippen LogP contribution in [0.4, 0.5) is 0 Å². The molecule has 2 aromatic rings. The number of nitrogens with one attached hydrogen (secondary N) is 1. The van der Waals surface area contributed by atoms with Gasteiger partial charge in [-0.1, -0.05) is 37.3 Å². The number of carbonyl (C=O) groups excluding carboxylic acids is 1. The standard InChI is InChI=1S/C30H39N3O6S2/c1-17(41-21-11-9-18(10-12-21)19-8-6-13-31-15-19)22(28-25(35)24(34)26(36)30(39-28)40-3)32-29(37)23-27-20(16-33(23)2)7-4-5-14-38-27/h4-6,8-13,15,17,20,22-28,30,34-36H,7,14,16H2,1-3H3,(H,32,37)/t17-,20-,22+,23?,24?,25?,26?,27?,28?,30?/m0/s1. The molecule has 0 bridgehead atoms. The first kappa shape index (κ1) is 30.5. The van der Waals surface area contributed by atoms with Gasteiger partial charge in [0.05, 0.1) is 18.8 Å². The summed E-state index contributed by atoms with van der Waals surface area (Å²) in [6.07, 6.45) is 5.07. The van der Waals surface area contributed by atoms with Gasteiger partial charge in [-0.3, -0.25) is 14.7 Å². The maximum atomic E-state index is 13.9. The molecule has 1 aromatic carbocycles. The molecule has 0 saturated carbocycles. The van der Waals surface area contributed by atoms with Crippen molar-refractivity contribution in [1.82, 2.24) is 15.2 Å². The number of hydrogen-bond acceptors (Lipinski definition) is 10. The topological polar surface area (TPSA) is 124 Å².